The molecule has 1 aliphatic rings. The predicted molar refractivity (Wildman–Crippen MR) is 99.6 cm³/mol. The van der Waals surface area contributed by atoms with Crippen molar-refractivity contribution < 1.29 is 19.4 Å². The minimum Gasteiger partial charge on any atom is -0.494 e. The van der Waals surface area contributed by atoms with Crippen LogP contribution in [0.2, 0.25) is 0 Å². The van der Waals surface area contributed by atoms with E-state index in [4.69, 9.17) is 9.84 Å². The third kappa shape index (κ3) is 4.40. The Labute approximate surface area is 156 Å². The average Bonchev–Trinajstić information content (AvgIpc) is 3.12. The molecule has 26 heavy (non-hydrogen) atoms. The number of carboxylic acid groups (broad SMARTS) is 1. The maximum absolute atomic E-state index is 12.6. The van der Waals surface area contributed by atoms with E-state index in [1.807, 2.05) is 31.2 Å². The standard InChI is InChI=1S/C19H22N2O4S/c1-2-25-15-5-3-14(4-6-15)18-20-16(12-26-18)19(24)21-9-7-13(8-10-21)11-17(22)23/h3-6,12-13H,2,7-11H2,1H3,(H,22,23). The van der Waals surface area contributed by atoms with E-state index in [0.29, 0.717) is 25.4 Å². The first-order valence-corrected chi connectivity index (χ1v) is 9.64. The number of hydrogen-bond donors (Lipinski definition) is 1. The van der Waals surface area contributed by atoms with Crippen molar-refractivity contribution in [2.75, 3.05) is 19.7 Å². The second-order valence-electron chi connectivity index (χ2n) is 6.33. The van der Waals surface area contributed by atoms with Gasteiger partial charge < -0.3 is 14.7 Å². The van der Waals surface area contributed by atoms with Crippen LogP contribution in [0.5, 0.6) is 5.75 Å². The van der Waals surface area contributed by atoms with Gasteiger partial charge in [0.05, 0.1) is 6.61 Å². The number of carboxylic acids is 1. The van der Waals surface area contributed by atoms with Gasteiger partial charge in [0, 0.05) is 30.5 Å². The first-order chi connectivity index (χ1) is 12.6. The quantitative estimate of drug-likeness (QED) is 0.837. The van der Waals surface area contributed by atoms with Gasteiger partial charge in [-0.3, -0.25) is 9.59 Å². The minimum absolute atomic E-state index is 0.0767. The number of thiazole rings is 1. The Hall–Kier alpha value is -2.41. The van der Waals surface area contributed by atoms with Crippen LogP contribution in [0.4, 0.5) is 0 Å². The van der Waals surface area contributed by atoms with Crippen molar-refractivity contribution in [1.29, 1.82) is 0 Å². The van der Waals surface area contributed by atoms with Gasteiger partial charge in [-0.05, 0) is 49.9 Å². The van der Waals surface area contributed by atoms with Crippen LogP contribution < -0.4 is 4.74 Å². The number of aromatic nitrogens is 1. The van der Waals surface area contributed by atoms with E-state index in [1.54, 1.807) is 10.3 Å². The highest BCUT2D eigenvalue weighted by Crippen LogP contribution is 2.27. The normalized spacial score (nSPS) is 15.0. The maximum atomic E-state index is 12.6. The summed E-state index contributed by atoms with van der Waals surface area (Å²) >= 11 is 1.45. The second kappa shape index (κ2) is 8.31. The van der Waals surface area contributed by atoms with E-state index in [1.165, 1.54) is 11.3 Å². The molecule has 1 N–H and O–H groups in total. The molecule has 3 rings (SSSR count). The molecular formula is C19H22N2O4S. The van der Waals surface area contributed by atoms with Crippen molar-refractivity contribution in [2.24, 2.45) is 5.92 Å². The molecule has 7 heteroatoms. The summed E-state index contributed by atoms with van der Waals surface area (Å²) in [5, 5.41) is 11.5. The van der Waals surface area contributed by atoms with Crippen LogP contribution in [0.1, 0.15) is 36.7 Å². The Bertz CT molecular complexity index is 764. The fourth-order valence-corrected chi connectivity index (χ4v) is 3.91. The van der Waals surface area contributed by atoms with Gasteiger partial charge in [0.25, 0.3) is 5.91 Å². The SMILES string of the molecule is CCOc1ccc(-c2nc(C(=O)N3CCC(CC(=O)O)CC3)cs2)cc1. The lowest BCUT2D eigenvalue weighted by Crippen LogP contribution is -2.39. The smallest absolute Gasteiger partial charge is 0.303 e. The van der Waals surface area contributed by atoms with E-state index < -0.39 is 5.97 Å². The molecule has 2 aromatic rings. The Morgan fingerprint density at radius 3 is 2.58 bits per heavy atom. The van der Waals surface area contributed by atoms with E-state index in [2.05, 4.69) is 4.98 Å². The molecule has 0 spiro atoms. The van der Waals surface area contributed by atoms with Gasteiger partial charge >= 0.3 is 5.97 Å². The highest BCUT2D eigenvalue weighted by molar-refractivity contribution is 7.13. The summed E-state index contributed by atoms with van der Waals surface area (Å²) in [4.78, 5) is 29.7. The van der Waals surface area contributed by atoms with Crippen LogP contribution in [0.3, 0.4) is 0 Å². The fraction of sp³-hybridized carbons (Fsp3) is 0.421. The zero-order chi connectivity index (χ0) is 18.5. The Kier molecular flexibility index (Phi) is 5.88. The molecule has 6 nitrogen and oxygen atoms in total. The number of rotatable bonds is 6. The van der Waals surface area contributed by atoms with Crippen LogP contribution in [0.25, 0.3) is 10.6 Å². The zero-order valence-electron chi connectivity index (χ0n) is 14.7. The van der Waals surface area contributed by atoms with Crippen LogP contribution in [-0.2, 0) is 4.79 Å². The average molecular weight is 374 g/mol. The molecule has 0 bridgehead atoms. The molecule has 0 saturated carbocycles. The number of amides is 1. The number of hydrogen-bond acceptors (Lipinski definition) is 5. The number of likely N-dealkylation sites (tertiary alicyclic amines) is 1. The van der Waals surface area contributed by atoms with E-state index in [-0.39, 0.29) is 18.2 Å². The topological polar surface area (TPSA) is 79.7 Å². The van der Waals surface area contributed by atoms with Crippen LogP contribution in [-0.4, -0.2) is 46.6 Å². The van der Waals surface area contributed by atoms with Crippen molar-refractivity contribution in [3.8, 4) is 16.3 Å². The summed E-state index contributed by atoms with van der Waals surface area (Å²) in [6.45, 7) is 3.74. The van der Waals surface area contributed by atoms with E-state index >= 15 is 0 Å². The van der Waals surface area contributed by atoms with Crippen LogP contribution >= 0.6 is 11.3 Å². The summed E-state index contributed by atoms with van der Waals surface area (Å²) in [7, 11) is 0. The Morgan fingerprint density at radius 2 is 1.96 bits per heavy atom. The largest absolute Gasteiger partial charge is 0.494 e. The number of carbonyl (C=O) groups excluding carboxylic acids is 1. The molecule has 138 valence electrons. The van der Waals surface area contributed by atoms with Crippen molar-refractivity contribution in [3.05, 3.63) is 35.3 Å². The molecule has 1 aliphatic heterocycles. The lowest BCUT2D eigenvalue weighted by Gasteiger charge is -2.30. The molecule has 2 heterocycles. The highest BCUT2D eigenvalue weighted by Gasteiger charge is 2.26. The number of aliphatic carboxylic acids is 1. The molecule has 1 aromatic heterocycles. The molecule has 0 aliphatic carbocycles. The van der Waals surface area contributed by atoms with Gasteiger partial charge in [0.15, 0.2) is 0 Å². The molecular weight excluding hydrogens is 352 g/mol. The first-order valence-electron chi connectivity index (χ1n) is 8.76. The zero-order valence-corrected chi connectivity index (χ0v) is 15.5. The summed E-state index contributed by atoms with van der Waals surface area (Å²) in [5.41, 5.74) is 1.41. The third-order valence-electron chi connectivity index (χ3n) is 4.50. The molecule has 1 aromatic carbocycles. The Balaban J connectivity index is 1.62. The number of nitrogens with zero attached hydrogens (tertiary/aromatic N) is 2. The molecule has 0 atom stereocenters. The summed E-state index contributed by atoms with van der Waals surface area (Å²) < 4.78 is 5.44. The lowest BCUT2D eigenvalue weighted by molar-refractivity contribution is -0.138. The molecule has 0 unspecified atom stereocenters. The number of carbonyl (C=O) groups is 2. The van der Waals surface area contributed by atoms with Crippen molar-refractivity contribution in [1.82, 2.24) is 9.88 Å². The van der Waals surface area contributed by atoms with Crippen molar-refractivity contribution in [2.45, 2.75) is 26.2 Å². The predicted octanol–water partition coefficient (Wildman–Crippen LogP) is 3.54. The molecule has 1 fully saturated rings. The van der Waals surface area contributed by atoms with Gasteiger partial charge in [-0.25, -0.2) is 4.98 Å². The maximum Gasteiger partial charge on any atom is 0.303 e. The van der Waals surface area contributed by atoms with Crippen LogP contribution in [0.15, 0.2) is 29.6 Å². The minimum atomic E-state index is -0.769. The lowest BCUT2D eigenvalue weighted by atomic mass is 9.93. The van der Waals surface area contributed by atoms with Gasteiger partial charge in [0.1, 0.15) is 16.5 Å². The summed E-state index contributed by atoms with van der Waals surface area (Å²) in [5.74, 6) is 0.126. The van der Waals surface area contributed by atoms with Crippen molar-refractivity contribution in [3.63, 3.8) is 0 Å². The van der Waals surface area contributed by atoms with Gasteiger partial charge in [0.2, 0.25) is 0 Å². The highest BCUT2D eigenvalue weighted by atomic mass is 32.1. The monoisotopic (exact) mass is 374 g/mol. The van der Waals surface area contributed by atoms with E-state index in [9.17, 15) is 9.59 Å². The Morgan fingerprint density at radius 1 is 1.27 bits per heavy atom. The summed E-state index contributed by atoms with van der Waals surface area (Å²) in [6.07, 6.45) is 1.64. The molecule has 1 saturated heterocycles. The molecule has 1 amide bonds. The number of ether oxygens (including phenoxy) is 1. The van der Waals surface area contributed by atoms with Gasteiger partial charge in [-0.15, -0.1) is 11.3 Å². The fourth-order valence-electron chi connectivity index (χ4n) is 3.11. The molecule has 0 radical (unpaired) electrons. The van der Waals surface area contributed by atoms with Gasteiger partial charge in [-0.1, -0.05) is 0 Å². The van der Waals surface area contributed by atoms with Crippen molar-refractivity contribution >= 4 is 23.2 Å². The summed E-state index contributed by atoms with van der Waals surface area (Å²) in [6, 6.07) is 7.68. The van der Waals surface area contributed by atoms with Crippen LogP contribution in [0, 0.1) is 5.92 Å². The second-order valence-corrected chi connectivity index (χ2v) is 7.19. The number of benzene rings is 1. The third-order valence-corrected chi connectivity index (χ3v) is 5.39. The number of piperidine rings is 1. The van der Waals surface area contributed by atoms with E-state index in [0.717, 1.165) is 29.2 Å². The van der Waals surface area contributed by atoms with Gasteiger partial charge in [-0.2, -0.15) is 0 Å². The first kappa shape index (κ1) is 18.4.